The fourth-order valence-corrected chi connectivity index (χ4v) is 2.02. The van der Waals surface area contributed by atoms with Gasteiger partial charge < -0.3 is 0 Å². The number of rotatable bonds is 3. The summed E-state index contributed by atoms with van der Waals surface area (Å²) in [6, 6.07) is 7.47. The van der Waals surface area contributed by atoms with Gasteiger partial charge in [-0.3, -0.25) is 10.1 Å². The second kappa shape index (κ2) is 4.49. The number of nitrogens with zero attached hydrogens (tertiary/aromatic N) is 5. The van der Waals surface area contributed by atoms with Crippen LogP contribution in [0.4, 0.5) is 5.13 Å². The Kier molecular flexibility index (Phi) is 2.69. The van der Waals surface area contributed by atoms with Crippen LogP contribution in [0.3, 0.4) is 0 Å². The molecule has 7 nitrogen and oxygen atoms in total. The van der Waals surface area contributed by atoms with Gasteiger partial charge in [0.15, 0.2) is 0 Å². The molecule has 0 bridgehead atoms. The summed E-state index contributed by atoms with van der Waals surface area (Å²) in [5, 5.41) is 18.4. The maximum absolute atomic E-state index is 11.8. The van der Waals surface area contributed by atoms with Crippen molar-refractivity contribution in [3.63, 3.8) is 0 Å². The van der Waals surface area contributed by atoms with E-state index in [1.807, 2.05) is 24.3 Å². The van der Waals surface area contributed by atoms with Crippen LogP contribution < -0.4 is 5.32 Å². The maximum atomic E-state index is 11.8. The van der Waals surface area contributed by atoms with E-state index in [4.69, 9.17) is 0 Å². The van der Waals surface area contributed by atoms with Gasteiger partial charge in [0.25, 0.3) is 0 Å². The number of para-hydroxylation sites is 1. The third-order valence-corrected chi connectivity index (χ3v) is 2.93. The summed E-state index contributed by atoms with van der Waals surface area (Å²) < 4.78 is 1.55. The zero-order chi connectivity index (χ0) is 12.4. The van der Waals surface area contributed by atoms with Crippen LogP contribution in [0.5, 0.6) is 0 Å². The first-order valence-corrected chi connectivity index (χ1v) is 6.05. The summed E-state index contributed by atoms with van der Waals surface area (Å²) in [7, 11) is 0. The van der Waals surface area contributed by atoms with Crippen molar-refractivity contribution in [3.05, 3.63) is 29.8 Å². The first-order chi connectivity index (χ1) is 8.83. The highest BCUT2D eigenvalue weighted by Crippen LogP contribution is 2.11. The molecule has 2 aromatic heterocycles. The van der Waals surface area contributed by atoms with E-state index >= 15 is 0 Å². The molecule has 0 aliphatic rings. The Morgan fingerprint density at radius 1 is 1.33 bits per heavy atom. The van der Waals surface area contributed by atoms with Crippen molar-refractivity contribution in [2.75, 3.05) is 5.32 Å². The molecule has 3 rings (SSSR count). The van der Waals surface area contributed by atoms with Gasteiger partial charge in [-0.15, -0.1) is 15.3 Å². The van der Waals surface area contributed by atoms with Crippen molar-refractivity contribution in [2.45, 2.75) is 6.54 Å². The fourth-order valence-electron chi connectivity index (χ4n) is 1.56. The Hall–Kier alpha value is -2.35. The molecule has 0 spiro atoms. The van der Waals surface area contributed by atoms with Crippen molar-refractivity contribution in [1.82, 2.24) is 25.2 Å². The van der Waals surface area contributed by atoms with Gasteiger partial charge in [0.05, 0.1) is 5.52 Å². The molecule has 0 unspecified atom stereocenters. The number of carbonyl (C=O) groups excluding carboxylic acids is 1. The van der Waals surface area contributed by atoms with E-state index < -0.39 is 0 Å². The minimum atomic E-state index is -0.206. The number of fused-ring (bicyclic) bond motifs is 1. The molecule has 0 fully saturated rings. The lowest BCUT2D eigenvalue weighted by atomic mass is 10.3. The monoisotopic (exact) mass is 260 g/mol. The van der Waals surface area contributed by atoms with E-state index in [0.29, 0.717) is 5.13 Å². The highest BCUT2D eigenvalue weighted by atomic mass is 32.1. The van der Waals surface area contributed by atoms with Crippen LogP contribution in [0.25, 0.3) is 11.0 Å². The summed E-state index contributed by atoms with van der Waals surface area (Å²) in [4.78, 5) is 11.8. The molecular formula is C10H8N6OS. The van der Waals surface area contributed by atoms with E-state index in [2.05, 4.69) is 25.8 Å². The molecule has 0 atom stereocenters. The lowest BCUT2D eigenvalue weighted by molar-refractivity contribution is -0.116. The molecule has 1 N–H and O–H groups in total. The van der Waals surface area contributed by atoms with Crippen LogP contribution >= 0.6 is 11.3 Å². The van der Waals surface area contributed by atoms with Gasteiger partial charge in [-0.1, -0.05) is 28.7 Å². The van der Waals surface area contributed by atoms with Gasteiger partial charge in [-0.2, -0.15) is 0 Å². The highest BCUT2D eigenvalue weighted by molar-refractivity contribution is 7.13. The van der Waals surface area contributed by atoms with Crippen LogP contribution in [0, 0.1) is 0 Å². The van der Waals surface area contributed by atoms with Crippen LogP contribution in [-0.2, 0) is 11.3 Å². The summed E-state index contributed by atoms with van der Waals surface area (Å²) >= 11 is 1.27. The molecule has 0 aliphatic heterocycles. The lowest BCUT2D eigenvalue weighted by Crippen LogP contribution is -2.19. The molecule has 2 heterocycles. The predicted molar refractivity (Wildman–Crippen MR) is 66.1 cm³/mol. The zero-order valence-corrected chi connectivity index (χ0v) is 9.96. The summed E-state index contributed by atoms with van der Waals surface area (Å²) in [5.41, 5.74) is 3.15. The van der Waals surface area contributed by atoms with E-state index in [1.165, 1.54) is 11.3 Å². The van der Waals surface area contributed by atoms with Gasteiger partial charge in [0.1, 0.15) is 17.6 Å². The van der Waals surface area contributed by atoms with Crippen molar-refractivity contribution in [2.24, 2.45) is 0 Å². The first kappa shape index (κ1) is 10.8. The Bertz CT molecular complexity index is 677. The van der Waals surface area contributed by atoms with E-state index in [1.54, 1.807) is 10.2 Å². The summed E-state index contributed by atoms with van der Waals surface area (Å²) in [6.45, 7) is 0.0973. The SMILES string of the molecule is O=C(Cn1nnc2ccccc21)Nc1nncs1. The summed E-state index contributed by atoms with van der Waals surface area (Å²) in [6.07, 6.45) is 0. The van der Waals surface area contributed by atoms with Crippen molar-refractivity contribution in [1.29, 1.82) is 0 Å². The molecular weight excluding hydrogens is 252 g/mol. The van der Waals surface area contributed by atoms with Crippen molar-refractivity contribution in [3.8, 4) is 0 Å². The third-order valence-electron chi connectivity index (χ3n) is 2.32. The minimum Gasteiger partial charge on any atom is -0.299 e. The van der Waals surface area contributed by atoms with Gasteiger partial charge in [0.2, 0.25) is 11.0 Å². The standard InChI is InChI=1S/C10H8N6OS/c17-9(12-10-14-11-6-18-10)5-16-8-4-2-1-3-7(8)13-15-16/h1-4,6H,5H2,(H,12,14,17). The molecule has 18 heavy (non-hydrogen) atoms. The number of hydrogen-bond donors (Lipinski definition) is 1. The number of amides is 1. The summed E-state index contributed by atoms with van der Waals surface area (Å²) in [5.74, 6) is -0.206. The number of anilines is 1. The van der Waals surface area contributed by atoms with Crippen LogP contribution in [0.15, 0.2) is 29.8 Å². The van der Waals surface area contributed by atoms with Crippen LogP contribution in [0.1, 0.15) is 0 Å². The molecule has 0 saturated heterocycles. The van der Waals surface area contributed by atoms with Gasteiger partial charge >= 0.3 is 0 Å². The predicted octanol–water partition coefficient (Wildman–Crippen LogP) is 0.921. The number of aromatic nitrogens is 5. The second-order valence-electron chi connectivity index (χ2n) is 3.53. The average Bonchev–Trinajstić information content (AvgIpc) is 3.00. The molecule has 1 amide bonds. The van der Waals surface area contributed by atoms with Crippen molar-refractivity contribution >= 4 is 33.4 Å². The molecule has 0 radical (unpaired) electrons. The second-order valence-corrected chi connectivity index (χ2v) is 4.36. The molecule has 0 aliphatic carbocycles. The fraction of sp³-hybridized carbons (Fsp3) is 0.100. The Morgan fingerprint density at radius 3 is 3.06 bits per heavy atom. The minimum absolute atomic E-state index is 0.0973. The van der Waals surface area contributed by atoms with E-state index in [0.717, 1.165) is 11.0 Å². The maximum Gasteiger partial charge on any atom is 0.248 e. The third kappa shape index (κ3) is 2.05. The number of nitrogens with one attached hydrogen (secondary N) is 1. The molecule has 90 valence electrons. The average molecular weight is 260 g/mol. The topological polar surface area (TPSA) is 85.6 Å². The van der Waals surface area contributed by atoms with Gasteiger partial charge in [-0.25, -0.2) is 4.68 Å². The quantitative estimate of drug-likeness (QED) is 0.756. The van der Waals surface area contributed by atoms with E-state index in [-0.39, 0.29) is 12.5 Å². The van der Waals surface area contributed by atoms with Crippen molar-refractivity contribution < 1.29 is 4.79 Å². The Labute approximate surface area is 105 Å². The van der Waals surface area contributed by atoms with Crippen LogP contribution in [-0.4, -0.2) is 31.1 Å². The molecule has 1 aromatic carbocycles. The number of hydrogen-bond acceptors (Lipinski definition) is 6. The largest absolute Gasteiger partial charge is 0.299 e. The highest BCUT2D eigenvalue weighted by Gasteiger charge is 2.09. The van der Waals surface area contributed by atoms with Gasteiger partial charge in [-0.05, 0) is 12.1 Å². The number of benzene rings is 1. The molecule has 0 saturated carbocycles. The van der Waals surface area contributed by atoms with Crippen LogP contribution in [0.2, 0.25) is 0 Å². The Morgan fingerprint density at radius 2 is 2.22 bits per heavy atom. The normalized spacial score (nSPS) is 10.7. The van der Waals surface area contributed by atoms with E-state index in [9.17, 15) is 4.79 Å². The molecule has 8 heteroatoms. The lowest BCUT2D eigenvalue weighted by Gasteiger charge is -2.01. The molecule has 3 aromatic rings. The number of carbonyl (C=O) groups is 1. The Balaban J connectivity index is 1.78. The first-order valence-electron chi connectivity index (χ1n) is 5.17. The zero-order valence-electron chi connectivity index (χ0n) is 9.15. The smallest absolute Gasteiger partial charge is 0.248 e. The van der Waals surface area contributed by atoms with Gasteiger partial charge in [0, 0.05) is 0 Å².